The molecule has 232 valence electrons. The summed E-state index contributed by atoms with van der Waals surface area (Å²) < 4.78 is 5.93. The monoisotopic (exact) mass is 595 g/mol. The molecule has 11 nitrogen and oxygen atoms in total. The van der Waals surface area contributed by atoms with Crippen LogP contribution in [0.15, 0.2) is 23.0 Å². The zero-order chi connectivity index (χ0) is 31.2. The van der Waals surface area contributed by atoms with E-state index in [9.17, 15) is 34.8 Å². The molecule has 0 aliphatic heterocycles. The van der Waals surface area contributed by atoms with Crippen molar-refractivity contribution >= 4 is 23.2 Å². The SMILES string of the molecule is COc1c(CN(CC2CC2)C2(C)CCC2)cc(O)c2c1C[C@H]1C[C@H]3[C@H](N(C)C)C(=O)C(C(N)=O)=C(O)[C@@]3(O)C(=O)C1=C2O. The first kappa shape index (κ1) is 29.7. The number of phenolic OH excluding ortho intramolecular Hbond substituents is 1. The second-order valence-electron chi connectivity index (χ2n) is 13.6. The number of ketones is 2. The fourth-order valence-corrected chi connectivity index (χ4v) is 8.03. The van der Waals surface area contributed by atoms with E-state index in [1.807, 2.05) is 0 Å². The molecule has 0 spiro atoms. The number of hydrogen-bond acceptors (Lipinski definition) is 10. The number of amides is 1. The normalized spacial score (nSPS) is 29.8. The zero-order valence-corrected chi connectivity index (χ0v) is 25.1. The van der Waals surface area contributed by atoms with Gasteiger partial charge in [0.25, 0.3) is 5.91 Å². The second kappa shape index (κ2) is 10.1. The fraction of sp³-hybridized carbons (Fsp3) is 0.594. The number of primary amides is 1. The zero-order valence-electron chi connectivity index (χ0n) is 25.1. The van der Waals surface area contributed by atoms with E-state index < -0.39 is 58.0 Å². The van der Waals surface area contributed by atoms with Gasteiger partial charge < -0.3 is 30.9 Å². The quantitative estimate of drug-likeness (QED) is 0.280. The lowest BCUT2D eigenvalue weighted by atomic mass is 9.57. The molecule has 0 radical (unpaired) electrons. The number of rotatable bonds is 8. The van der Waals surface area contributed by atoms with Crippen molar-refractivity contribution in [2.75, 3.05) is 27.7 Å². The highest BCUT2D eigenvalue weighted by Crippen LogP contribution is 2.54. The molecule has 0 saturated heterocycles. The molecule has 6 N–H and O–H groups in total. The number of nitrogens with two attached hydrogens (primary N) is 1. The Morgan fingerprint density at radius 2 is 1.84 bits per heavy atom. The molecule has 43 heavy (non-hydrogen) atoms. The molecule has 1 aromatic carbocycles. The molecule has 5 aliphatic carbocycles. The Morgan fingerprint density at radius 3 is 2.37 bits per heavy atom. The Hall–Kier alpha value is -3.41. The van der Waals surface area contributed by atoms with Crippen molar-refractivity contribution in [1.82, 2.24) is 9.80 Å². The summed E-state index contributed by atoms with van der Waals surface area (Å²) in [5, 5.41) is 45.7. The Bertz CT molecular complexity index is 1490. The van der Waals surface area contributed by atoms with Crippen molar-refractivity contribution in [2.24, 2.45) is 23.5 Å². The summed E-state index contributed by atoms with van der Waals surface area (Å²) in [5.74, 6) is -5.47. The summed E-state index contributed by atoms with van der Waals surface area (Å²) in [6.45, 7) is 3.81. The number of aliphatic hydroxyl groups excluding tert-OH is 2. The summed E-state index contributed by atoms with van der Waals surface area (Å²) in [6, 6.07) is 0.448. The number of benzene rings is 1. The number of hydrogen-bond donors (Lipinski definition) is 5. The molecule has 1 aromatic rings. The molecule has 0 unspecified atom stereocenters. The third-order valence-corrected chi connectivity index (χ3v) is 10.7. The van der Waals surface area contributed by atoms with Crippen molar-refractivity contribution in [3.05, 3.63) is 39.7 Å². The highest BCUT2D eigenvalue weighted by atomic mass is 16.5. The molecule has 0 aromatic heterocycles. The number of methoxy groups -OCH3 is 1. The van der Waals surface area contributed by atoms with Crippen molar-refractivity contribution in [1.29, 1.82) is 0 Å². The van der Waals surface area contributed by atoms with Crippen LogP contribution in [0.1, 0.15) is 62.1 Å². The van der Waals surface area contributed by atoms with Crippen LogP contribution in [0.3, 0.4) is 0 Å². The molecule has 3 fully saturated rings. The van der Waals surface area contributed by atoms with Crippen LogP contribution in [0.5, 0.6) is 11.5 Å². The van der Waals surface area contributed by atoms with Gasteiger partial charge in [-0.25, -0.2) is 0 Å². The minimum absolute atomic E-state index is 0.0335. The van der Waals surface area contributed by atoms with Crippen LogP contribution < -0.4 is 10.5 Å². The number of likely N-dealkylation sites (N-methyl/N-ethyl adjacent to an activating group) is 1. The Balaban J connectivity index is 1.46. The molecule has 1 amide bonds. The van der Waals surface area contributed by atoms with Crippen LogP contribution in [0, 0.1) is 17.8 Å². The molecular formula is C32H41N3O8. The average Bonchev–Trinajstić information content (AvgIpc) is 3.73. The second-order valence-corrected chi connectivity index (χ2v) is 13.6. The molecule has 5 aliphatic rings. The number of nitrogens with zero attached hydrogens (tertiary/aromatic N) is 2. The van der Waals surface area contributed by atoms with Gasteiger partial charge in [0.1, 0.15) is 28.6 Å². The van der Waals surface area contributed by atoms with Crippen molar-refractivity contribution in [3.8, 4) is 11.5 Å². The standard InChI is InChI=1S/C32H41N3O8/c1-31(8-5-9-31)35(13-15-6-7-15)14-17-12-20(36)22-18(27(17)43-4)10-16-11-19-24(34(2)3)26(38)23(30(33)41)29(40)32(19,42)28(39)21(16)25(22)37/h12,15-16,19,24,36-37,40,42H,5-11,13-14H2,1-4H3,(H2,33,41)/t16-,19-,24-,32-/m0/s1. The molecule has 3 saturated carbocycles. The Kier molecular flexibility index (Phi) is 6.94. The van der Waals surface area contributed by atoms with Gasteiger partial charge in [0.05, 0.1) is 18.7 Å². The highest BCUT2D eigenvalue weighted by molar-refractivity contribution is 6.24. The van der Waals surface area contributed by atoms with E-state index >= 15 is 0 Å². The summed E-state index contributed by atoms with van der Waals surface area (Å²) in [7, 11) is 4.71. The van der Waals surface area contributed by atoms with Gasteiger partial charge in [0.2, 0.25) is 5.78 Å². The van der Waals surface area contributed by atoms with E-state index in [4.69, 9.17) is 10.5 Å². The topological polar surface area (TPSA) is 174 Å². The first-order chi connectivity index (χ1) is 20.2. The minimum Gasteiger partial charge on any atom is -0.508 e. The summed E-state index contributed by atoms with van der Waals surface area (Å²) >= 11 is 0. The van der Waals surface area contributed by atoms with Gasteiger partial charge in [0, 0.05) is 41.2 Å². The molecule has 6 rings (SSSR count). The third-order valence-electron chi connectivity index (χ3n) is 10.7. The van der Waals surface area contributed by atoms with Crippen molar-refractivity contribution in [2.45, 2.75) is 75.6 Å². The molecule has 0 bridgehead atoms. The van der Waals surface area contributed by atoms with Gasteiger partial charge >= 0.3 is 0 Å². The first-order valence-corrected chi connectivity index (χ1v) is 15.1. The number of fused-ring (bicyclic) bond motifs is 3. The van der Waals surface area contributed by atoms with Crippen LogP contribution >= 0.6 is 0 Å². The maximum Gasteiger partial charge on any atom is 0.255 e. The van der Waals surface area contributed by atoms with Gasteiger partial charge in [-0.3, -0.25) is 24.2 Å². The number of aliphatic hydroxyl groups is 3. The van der Waals surface area contributed by atoms with E-state index in [0.717, 1.165) is 24.9 Å². The van der Waals surface area contributed by atoms with Crippen molar-refractivity contribution < 1.29 is 39.5 Å². The van der Waals surface area contributed by atoms with Gasteiger partial charge in [-0.2, -0.15) is 0 Å². The summed E-state index contributed by atoms with van der Waals surface area (Å²) in [6.07, 6.45) is 6.04. The number of ether oxygens (including phenoxy) is 1. The van der Waals surface area contributed by atoms with E-state index in [-0.39, 0.29) is 35.3 Å². The van der Waals surface area contributed by atoms with Crippen LogP contribution in [0.25, 0.3) is 5.76 Å². The largest absolute Gasteiger partial charge is 0.508 e. The van der Waals surface area contributed by atoms with Gasteiger partial charge in [-0.1, -0.05) is 0 Å². The first-order valence-electron chi connectivity index (χ1n) is 15.1. The summed E-state index contributed by atoms with van der Waals surface area (Å²) in [4.78, 5) is 43.5. The number of carbonyl (C=O) groups is 3. The Morgan fingerprint density at radius 1 is 1.16 bits per heavy atom. The van der Waals surface area contributed by atoms with E-state index in [1.165, 1.54) is 24.2 Å². The van der Waals surface area contributed by atoms with Crippen LogP contribution in [-0.2, 0) is 27.3 Å². The maximum atomic E-state index is 14.1. The number of carbonyl (C=O) groups excluding carboxylic acids is 3. The number of aromatic hydroxyl groups is 1. The van der Waals surface area contributed by atoms with Crippen molar-refractivity contribution in [3.63, 3.8) is 0 Å². The maximum absolute atomic E-state index is 14.1. The highest BCUT2D eigenvalue weighted by Gasteiger charge is 2.64. The smallest absolute Gasteiger partial charge is 0.255 e. The molecule has 11 heteroatoms. The number of Topliss-reactive ketones (excluding diaryl/α,β-unsaturated/α-hetero) is 2. The lowest BCUT2D eigenvalue weighted by Crippen LogP contribution is -2.65. The average molecular weight is 596 g/mol. The lowest BCUT2D eigenvalue weighted by Gasteiger charge is -2.50. The minimum atomic E-state index is -2.66. The lowest BCUT2D eigenvalue weighted by molar-refractivity contribution is -0.153. The number of phenols is 1. The van der Waals surface area contributed by atoms with Gasteiger partial charge in [-0.15, -0.1) is 0 Å². The predicted molar refractivity (Wildman–Crippen MR) is 156 cm³/mol. The molecular weight excluding hydrogens is 554 g/mol. The van der Waals surface area contributed by atoms with Crippen LogP contribution in [0.4, 0.5) is 0 Å². The van der Waals surface area contributed by atoms with E-state index in [0.29, 0.717) is 23.8 Å². The molecule has 0 heterocycles. The van der Waals surface area contributed by atoms with Gasteiger partial charge in [0.15, 0.2) is 11.4 Å². The summed E-state index contributed by atoms with van der Waals surface area (Å²) in [5.41, 5.74) is 3.19. The molecule has 4 atom stereocenters. The van der Waals surface area contributed by atoms with E-state index in [2.05, 4.69) is 11.8 Å². The fourth-order valence-electron chi connectivity index (χ4n) is 8.03. The van der Waals surface area contributed by atoms with Crippen LogP contribution in [-0.4, -0.2) is 92.6 Å². The van der Waals surface area contributed by atoms with Crippen LogP contribution in [0.2, 0.25) is 0 Å². The third kappa shape index (κ3) is 4.30. The van der Waals surface area contributed by atoms with E-state index in [1.54, 1.807) is 27.3 Å². The Labute approximate surface area is 250 Å². The van der Waals surface area contributed by atoms with Gasteiger partial charge in [-0.05, 0) is 83.9 Å². The predicted octanol–water partition coefficient (Wildman–Crippen LogP) is 2.13.